The van der Waals surface area contributed by atoms with Crippen molar-refractivity contribution in [2.45, 2.75) is 33.4 Å². The minimum Gasteiger partial charge on any atom is -0.489 e. The van der Waals surface area contributed by atoms with Crippen LogP contribution in [0.15, 0.2) is 42.5 Å². The molecule has 1 unspecified atom stereocenters. The third-order valence-electron chi connectivity index (χ3n) is 5.74. The molecule has 1 aliphatic heterocycles. The molecule has 0 radical (unpaired) electrons. The van der Waals surface area contributed by atoms with Crippen molar-refractivity contribution < 1.29 is 18.7 Å². The highest BCUT2D eigenvalue weighted by Gasteiger charge is 2.26. The zero-order chi connectivity index (χ0) is 23.3. The Labute approximate surface area is 188 Å². The number of carbonyl (C=O) groups is 2. The third-order valence-corrected chi connectivity index (χ3v) is 5.74. The van der Waals surface area contributed by atoms with Gasteiger partial charge in [-0.25, -0.2) is 9.18 Å². The fourth-order valence-corrected chi connectivity index (χ4v) is 3.73. The van der Waals surface area contributed by atoms with E-state index in [0.717, 1.165) is 11.3 Å². The maximum Gasteiger partial charge on any atom is 0.324 e. The molecule has 1 fully saturated rings. The lowest BCUT2D eigenvalue weighted by molar-refractivity contribution is -0.122. The van der Waals surface area contributed by atoms with Crippen LogP contribution in [-0.2, 0) is 11.4 Å². The van der Waals surface area contributed by atoms with Crippen molar-refractivity contribution in [1.82, 2.24) is 10.2 Å². The molecular weight excluding hydrogens is 411 g/mol. The van der Waals surface area contributed by atoms with E-state index in [1.165, 1.54) is 12.1 Å². The smallest absolute Gasteiger partial charge is 0.324 e. The molecule has 0 saturated carbocycles. The summed E-state index contributed by atoms with van der Waals surface area (Å²) in [6, 6.07) is 11.6. The third kappa shape index (κ3) is 5.30. The molecule has 1 N–H and O–H groups in total. The normalized spacial score (nSPS) is 15.8. The summed E-state index contributed by atoms with van der Waals surface area (Å²) < 4.78 is 20.1. The molecule has 3 amide bonds. The van der Waals surface area contributed by atoms with Crippen molar-refractivity contribution in [3.63, 3.8) is 0 Å². The molecule has 0 aromatic heterocycles. The fraction of sp³-hybridized carbons (Fsp3) is 0.417. The van der Waals surface area contributed by atoms with Gasteiger partial charge in [-0.2, -0.15) is 0 Å². The van der Waals surface area contributed by atoms with Crippen LogP contribution < -0.4 is 19.9 Å². The minimum absolute atomic E-state index is 0.0492. The molecule has 0 aliphatic carbocycles. The lowest BCUT2D eigenvalue weighted by atomic mass is 10.1. The van der Waals surface area contributed by atoms with Crippen molar-refractivity contribution in [2.75, 3.05) is 43.0 Å². The molecule has 1 saturated heterocycles. The lowest BCUT2D eigenvalue weighted by Crippen LogP contribution is -2.54. The van der Waals surface area contributed by atoms with Crippen molar-refractivity contribution in [2.24, 2.45) is 0 Å². The Bertz CT molecular complexity index is 947. The van der Waals surface area contributed by atoms with Crippen LogP contribution in [0.4, 0.5) is 20.6 Å². The van der Waals surface area contributed by atoms with Gasteiger partial charge >= 0.3 is 6.03 Å². The topological polar surface area (TPSA) is 65.1 Å². The number of hydrogen-bond donors (Lipinski definition) is 1. The highest BCUT2D eigenvalue weighted by Crippen LogP contribution is 2.27. The van der Waals surface area contributed by atoms with Gasteiger partial charge in [-0.15, -0.1) is 0 Å². The molecule has 8 heteroatoms. The standard InChI is InChI=1S/C24H31FN4O3/c1-5-28(6-2)24(31)27(4)20-9-7-18(8-10-20)16-32-22-14-19(25)13-21(15-22)29-12-11-26-23(30)17(29)3/h7-10,13-15,17H,5-6,11-12,16H2,1-4H3,(H,26,30). The van der Waals surface area contributed by atoms with Gasteiger partial charge in [0.25, 0.3) is 0 Å². The van der Waals surface area contributed by atoms with E-state index in [9.17, 15) is 14.0 Å². The summed E-state index contributed by atoms with van der Waals surface area (Å²) in [5, 5.41) is 2.81. The number of anilines is 2. The van der Waals surface area contributed by atoms with Crippen LogP contribution in [0.25, 0.3) is 0 Å². The zero-order valence-electron chi connectivity index (χ0n) is 19.1. The van der Waals surface area contributed by atoms with Crippen molar-refractivity contribution in [3.05, 3.63) is 53.8 Å². The summed E-state index contributed by atoms with van der Waals surface area (Å²) in [4.78, 5) is 29.7. The Morgan fingerprint density at radius 1 is 1.19 bits per heavy atom. The van der Waals surface area contributed by atoms with Crippen LogP contribution in [0.5, 0.6) is 5.75 Å². The molecule has 172 valence electrons. The van der Waals surface area contributed by atoms with Gasteiger partial charge in [0.15, 0.2) is 0 Å². The van der Waals surface area contributed by atoms with Gasteiger partial charge in [0, 0.05) is 56.7 Å². The molecule has 7 nitrogen and oxygen atoms in total. The summed E-state index contributed by atoms with van der Waals surface area (Å²) in [5.41, 5.74) is 2.30. The van der Waals surface area contributed by atoms with Crippen LogP contribution >= 0.6 is 0 Å². The predicted molar refractivity (Wildman–Crippen MR) is 124 cm³/mol. The van der Waals surface area contributed by atoms with Crippen LogP contribution in [0.1, 0.15) is 26.3 Å². The number of hydrogen-bond acceptors (Lipinski definition) is 4. The van der Waals surface area contributed by atoms with E-state index in [0.29, 0.717) is 37.6 Å². The monoisotopic (exact) mass is 442 g/mol. The molecule has 1 heterocycles. The summed E-state index contributed by atoms with van der Waals surface area (Å²) in [7, 11) is 1.75. The van der Waals surface area contributed by atoms with E-state index in [1.807, 2.05) is 43.0 Å². The summed E-state index contributed by atoms with van der Waals surface area (Å²) >= 11 is 0. The Balaban J connectivity index is 1.66. The number of amides is 3. The maximum absolute atomic E-state index is 14.2. The second kappa shape index (κ2) is 10.3. The number of urea groups is 1. The largest absolute Gasteiger partial charge is 0.489 e. The van der Waals surface area contributed by atoms with Gasteiger partial charge in [-0.3, -0.25) is 9.69 Å². The van der Waals surface area contributed by atoms with Gasteiger partial charge in [0.05, 0.1) is 0 Å². The molecular formula is C24H31FN4O3. The quantitative estimate of drug-likeness (QED) is 0.711. The van der Waals surface area contributed by atoms with Crippen molar-refractivity contribution >= 4 is 23.3 Å². The van der Waals surface area contributed by atoms with Gasteiger partial charge in [0.1, 0.15) is 24.2 Å². The molecule has 3 rings (SSSR count). The molecule has 0 spiro atoms. The number of ether oxygens (including phenoxy) is 1. The van der Waals surface area contributed by atoms with E-state index in [-0.39, 0.29) is 24.6 Å². The first-order valence-electron chi connectivity index (χ1n) is 10.9. The minimum atomic E-state index is -0.414. The number of rotatable bonds is 7. The van der Waals surface area contributed by atoms with Gasteiger partial charge in [0.2, 0.25) is 5.91 Å². The number of piperazine rings is 1. The predicted octanol–water partition coefficient (Wildman–Crippen LogP) is 3.63. The highest BCUT2D eigenvalue weighted by atomic mass is 19.1. The van der Waals surface area contributed by atoms with Crippen molar-refractivity contribution in [1.29, 1.82) is 0 Å². The summed E-state index contributed by atoms with van der Waals surface area (Å²) in [6.45, 7) is 8.40. The van der Waals surface area contributed by atoms with Gasteiger partial charge in [-0.1, -0.05) is 12.1 Å². The highest BCUT2D eigenvalue weighted by molar-refractivity contribution is 5.91. The molecule has 1 atom stereocenters. The van der Waals surface area contributed by atoms with Crippen molar-refractivity contribution in [3.8, 4) is 5.75 Å². The average Bonchev–Trinajstić information content (AvgIpc) is 2.79. The fourth-order valence-electron chi connectivity index (χ4n) is 3.73. The van der Waals surface area contributed by atoms with E-state index in [2.05, 4.69) is 5.32 Å². The van der Waals surface area contributed by atoms with E-state index < -0.39 is 5.82 Å². The second-order valence-corrected chi connectivity index (χ2v) is 7.77. The second-order valence-electron chi connectivity index (χ2n) is 7.77. The Hall–Kier alpha value is -3.29. The van der Waals surface area contributed by atoms with Gasteiger partial charge < -0.3 is 19.9 Å². The van der Waals surface area contributed by atoms with Crippen LogP contribution in [0.3, 0.4) is 0 Å². The SMILES string of the molecule is CCN(CC)C(=O)N(C)c1ccc(COc2cc(F)cc(N3CCNC(=O)C3C)c2)cc1. The van der Waals surface area contributed by atoms with Crippen LogP contribution in [0, 0.1) is 5.82 Å². The maximum atomic E-state index is 14.2. The summed E-state index contributed by atoms with van der Waals surface area (Å²) in [6.07, 6.45) is 0. The number of nitrogens with zero attached hydrogens (tertiary/aromatic N) is 3. The van der Waals surface area contributed by atoms with Crippen LogP contribution in [-0.4, -0.2) is 56.1 Å². The number of carbonyl (C=O) groups excluding carboxylic acids is 2. The Kier molecular flexibility index (Phi) is 7.56. The first kappa shape index (κ1) is 23.4. The van der Waals surface area contributed by atoms with E-state index in [1.54, 1.807) is 29.8 Å². The molecule has 2 aromatic carbocycles. The number of benzene rings is 2. The first-order valence-corrected chi connectivity index (χ1v) is 10.9. The van der Waals surface area contributed by atoms with E-state index >= 15 is 0 Å². The van der Waals surface area contributed by atoms with Crippen LogP contribution in [0.2, 0.25) is 0 Å². The number of halogens is 1. The average molecular weight is 443 g/mol. The molecule has 32 heavy (non-hydrogen) atoms. The molecule has 1 aliphatic rings. The first-order chi connectivity index (χ1) is 15.3. The zero-order valence-corrected chi connectivity index (χ0v) is 19.1. The summed E-state index contributed by atoms with van der Waals surface area (Å²) in [5.74, 6) is -0.0915. The lowest BCUT2D eigenvalue weighted by Gasteiger charge is -2.34. The Morgan fingerprint density at radius 2 is 1.88 bits per heavy atom. The molecule has 0 bridgehead atoms. The molecule has 2 aromatic rings. The van der Waals surface area contributed by atoms with Gasteiger partial charge in [-0.05, 0) is 44.5 Å². The number of nitrogens with one attached hydrogen (secondary N) is 1. The Morgan fingerprint density at radius 3 is 2.53 bits per heavy atom. The van der Waals surface area contributed by atoms with E-state index in [4.69, 9.17) is 4.74 Å².